The number of carbonyl (C=O) groups is 1. The second-order valence-electron chi connectivity index (χ2n) is 4.76. The van der Waals surface area contributed by atoms with E-state index >= 15 is 0 Å². The Morgan fingerprint density at radius 1 is 1.39 bits per heavy atom. The van der Waals surface area contributed by atoms with Gasteiger partial charge in [-0.2, -0.15) is 0 Å². The van der Waals surface area contributed by atoms with Crippen LogP contribution in [0.25, 0.3) is 10.9 Å². The van der Waals surface area contributed by atoms with Crippen molar-refractivity contribution in [2.24, 2.45) is 0 Å². The molecule has 0 unspecified atom stereocenters. The Bertz CT molecular complexity index is 587. The summed E-state index contributed by atoms with van der Waals surface area (Å²) >= 11 is 6.00. The number of likely N-dealkylation sites (N-methyl/N-ethyl adjacent to an activating group) is 1. The lowest BCUT2D eigenvalue weighted by molar-refractivity contribution is 0.101. The molecule has 96 valence electrons. The molecule has 0 amide bonds. The van der Waals surface area contributed by atoms with Gasteiger partial charge >= 0.3 is 0 Å². The molecule has 0 spiro atoms. The molecule has 1 aromatic heterocycles. The average molecular weight is 265 g/mol. The minimum Gasteiger partial charge on any atom is -0.345 e. The number of Topliss-reactive ketones (excluding diaryl/α,β-unsaturated/α-hetero) is 1. The van der Waals surface area contributed by atoms with Crippen molar-refractivity contribution < 1.29 is 4.79 Å². The Morgan fingerprint density at radius 3 is 2.72 bits per heavy atom. The molecule has 1 aromatic carbocycles. The van der Waals surface area contributed by atoms with Crippen molar-refractivity contribution in [1.82, 2.24) is 9.47 Å². The quantitative estimate of drug-likeness (QED) is 0.793. The number of hydrogen-bond donors (Lipinski definition) is 0. The third kappa shape index (κ3) is 2.57. The molecular formula is C14H17ClN2O. The number of benzene rings is 1. The standard InChI is InChI=1S/C14H17ClN2O/c1-10(18)13-9-17(7-6-16(2)3)14-5-4-11(15)8-12(13)14/h4-5,8-9H,6-7H2,1-3H3. The van der Waals surface area contributed by atoms with Crippen molar-refractivity contribution in [3.05, 3.63) is 35.0 Å². The predicted molar refractivity (Wildman–Crippen MR) is 75.5 cm³/mol. The molecule has 0 bridgehead atoms. The first-order valence-electron chi connectivity index (χ1n) is 5.93. The van der Waals surface area contributed by atoms with E-state index in [-0.39, 0.29) is 5.78 Å². The van der Waals surface area contributed by atoms with Crippen molar-refractivity contribution in [2.75, 3.05) is 20.6 Å². The van der Waals surface area contributed by atoms with E-state index in [9.17, 15) is 4.79 Å². The van der Waals surface area contributed by atoms with Crippen LogP contribution in [0, 0.1) is 0 Å². The van der Waals surface area contributed by atoms with Crippen molar-refractivity contribution in [3.63, 3.8) is 0 Å². The van der Waals surface area contributed by atoms with Crippen LogP contribution in [0.2, 0.25) is 5.02 Å². The van der Waals surface area contributed by atoms with E-state index in [1.54, 1.807) is 6.92 Å². The van der Waals surface area contributed by atoms with Gasteiger partial charge < -0.3 is 9.47 Å². The first-order valence-corrected chi connectivity index (χ1v) is 6.31. The van der Waals surface area contributed by atoms with Crippen LogP contribution in [0.3, 0.4) is 0 Å². The normalized spacial score (nSPS) is 11.4. The highest BCUT2D eigenvalue weighted by molar-refractivity contribution is 6.31. The summed E-state index contributed by atoms with van der Waals surface area (Å²) < 4.78 is 2.11. The van der Waals surface area contributed by atoms with Crippen molar-refractivity contribution in [1.29, 1.82) is 0 Å². The summed E-state index contributed by atoms with van der Waals surface area (Å²) in [5, 5.41) is 1.60. The molecule has 18 heavy (non-hydrogen) atoms. The highest BCUT2D eigenvalue weighted by Crippen LogP contribution is 2.25. The van der Waals surface area contributed by atoms with Crippen molar-refractivity contribution >= 4 is 28.3 Å². The third-order valence-corrected chi connectivity index (χ3v) is 3.25. The fourth-order valence-corrected chi connectivity index (χ4v) is 2.21. The van der Waals surface area contributed by atoms with Crippen LogP contribution in [0.4, 0.5) is 0 Å². The molecule has 0 saturated carbocycles. The Kier molecular flexibility index (Phi) is 3.73. The van der Waals surface area contributed by atoms with Gasteiger partial charge in [0.2, 0.25) is 0 Å². The van der Waals surface area contributed by atoms with Crippen molar-refractivity contribution in [3.8, 4) is 0 Å². The lowest BCUT2D eigenvalue weighted by atomic mass is 10.1. The predicted octanol–water partition coefficient (Wildman–Crippen LogP) is 3.06. The number of carbonyl (C=O) groups excluding carboxylic acids is 1. The molecule has 0 radical (unpaired) electrons. The molecule has 0 aliphatic carbocycles. The maximum Gasteiger partial charge on any atom is 0.161 e. The fourth-order valence-electron chi connectivity index (χ4n) is 2.04. The van der Waals surface area contributed by atoms with Gasteiger partial charge in [0.25, 0.3) is 0 Å². The zero-order chi connectivity index (χ0) is 13.3. The molecule has 0 saturated heterocycles. The fraction of sp³-hybridized carbons (Fsp3) is 0.357. The molecule has 2 rings (SSSR count). The van der Waals surface area contributed by atoms with Gasteiger partial charge in [-0.3, -0.25) is 4.79 Å². The highest BCUT2D eigenvalue weighted by Gasteiger charge is 2.12. The summed E-state index contributed by atoms with van der Waals surface area (Å²) in [5.74, 6) is 0.0749. The minimum absolute atomic E-state index is 0.0749. The van der Waals surface area contributed by atoms with Gasteiger partial charge in [-0.15, -0.1) is 0 Å². The van der Waals surface area contributed by atoms with Crippen LogP contribution in [-0.4, -0.2) is 35.9 Å². The molecule has 0 aliphatic rings. The molecule has 1 heterocycles. The third-order valence-electron chi connectivity index (χ3n) is 3.01. The van der Waals surface area contributed by atoms with E-state index in [0.717, 1.165) is 29.6 Å². The van der Waals surface area contributed by atoms with Gasteiger partial charge in [0.15, 0.2) is 5.78 Å². The lowest BCUT2D eigenvalue weighted by Crippen LogP contribution is -2.17. The second kappa shape index (κ2) is 5.12. The number of hydrogen-bond acceptors (Lipinski definition) is 2. The number of ketones is 1. The summed E-state index contributed by atoms with van der Waals surface area (Å²) in [7, 11) is 4.07. The molecule has 3 nitrogen and oxygen atoms in total. The maximum atomic E-state index is 11.7. The van der Waals surface area contributed by atoms with E-state index in [4.69, 9.17) is 11.6 Å². The zero-order valence-corrected chi connectivity index (χ0v) is 11.7. The topological polar surface area (TPSA) is 25.2 Å². The van der Waals surface area contributed by atoms with Gasteiger partial charge in [-0.1, -0.05) is 11.6 Å². The second-order valence-corrected chi connectivity index (χ2v) is 5.19. The molecule has 0 fully saturated rings. The summed E-state index contributed by atoms with van der Waals surface area (Å²) in [6.07, 6.45) is 1.92. The van der Waals surface area contributed by atoms with Crippen LogP contribution in [0.5, 0.6) is 0 Å². The van der Waals surface area contributed by atoms with Crippen LogP contribution in [-0.2, 0) is 6.54 Å². The van der Waals surface area contributed by atoms with Gasteiger partial charge in [-0.05, 0) is 39.2 Å². The van der Waals surface area contributed by atoms with Gasteiger partial charge in [0.1, 0.15) is 0 Å². The number of halogens is 1. The van der Waals surface area contributed by atoms with Crippen LogP contribution in [0.1, 0.15) is 17.3 Å². The molecule has 0 aliphatic heterocycles. The molecule has 2 aromatic rings. The first-order chi connectivity index (χ1) is 8.49. The number of rotatable bonds is 4. The minimum atomic E-state index is 0.0749. The number of fused-ring (bicyclic) bond motifs is 1. The summed E-state index contributed by atoms with van der Waals surface area (Å²) in [4.78, 5) is 13.8. The van der Waals surface area contributed by atoms with Gasteiger partial charge in [-0.25, -0.2) is 0 Å². The first kappa shape index (κ1) is 13.1. The van der Waals surface area contributed by atoms with Crippen LogP contribution in [0.15, 0.2) is 24.4 Å². The molecule has 4 heteroatoms. The Morgan fingerprint density at radius 2 is 2.11 bits per heavy atom. The Hall–Kier alpha value is -1.32. The van der Waals surface area contributed by atoms with E-state index < -0.39 is 0 Å². The Labute approximate surface area is 112 Å². The van der Waals surface area contributed by atoms with E-state index in [0.29, 0.717) is 5.02 Å². The number of aromatic nitrogens is 1. The van der Waals surface area contributed by atoms with Crippen LogP contribution < -0.4 is 0 Å². The highest BCUT2D eigenvalue weighted by atomic mass is 35.5. The van der Waals surface area contributed by atoms with Crippen LogP contribution >= 0.6 is 11.6 Å². The van der Waals surface area contributed by atoms with E-state index in [2.05, 4.69) is 9.47 Å². The van der Waals surface area contributed by atoms with Gasteiger partial charge in [0, 0.05) is 40.8 Å². The van der Waals surface area contributed by atoms with E-state index in [1.165, 1.54) is 0 Å². The SMILES string of the molecule is CC(=O)c1cn(CCN(C)C)c2ccc(Cl)cc12. The van der Waals surface area contributed by atoms with E-state index in [1.807, 2.05) is 38.5 Å². The number of nitrogens with zero attached hydrogens (tertiary/aromatic N) is 2. The average Bonchev–Trinajstić information content (AvgIpc) is 2.64. The smallest absolute Gasteiger partial charge is 0.161 e. The molecule has 0 atom stereocenters. The largest absolute Gasteiger partial charge is 0.345 e. The summed E-state index contributed by atoms with van der Waals surface area (Å²) in [6.45, 7) is 3.38. The zero-order valence-electron chi connectivity index (χ0n) is 10.9. The summed E-state index contributed by atoms with van der Waals surface area (Å²) in [5.41, 5.74) is 1.80. The molecule has 0 N–H and O–H groups in total. The lowest BCUT2D eigenvalue weighted by Gasteiger charge is -2.11. The Balaban J connectivity index is 2.50. The van der Waals surface area contributed by atoms with Gasteiger partial charge in [0.05, 0.1) is 0 Å². The maximum absolute atomic E-state index is 11.7. The molecular weight excluding hydrogens is 248 g/mol. The summed E-state index contributed by atoms with van der Waals surface area (Å²) in [6, 6.07) is 5.69. The van der Waals surface area contributed by atoms with Crippen molar-refractivity contribution in [2.45, 2.75) is 13.5 Å². The monoisotopic (exact) mass is 264 g/mol.